The normalized spacial score (nSPS) is 13.3. The fraction of sp³-hybridized carbons (Fsp3) is 0.429. The Balaban J connectivity index is 2.57. The van der Waals surface area contributed by atoms with Crippen molar-refractivity contribution >= 4 is 11.8 Å². The maximum atomic E-state index is 2.29. The Hall–Kier alpha value is -0.690. The van der Waals surface area contributed by atoms with Crippen molar-refractivity contribution in [3.8, 4) is 0 Å². The SMILES string of the molecule is CC/C=C\CC(C)c1ccc(SC)cc1. The lowest BCUT2D eigenvalue weighted by Crippen LogP contribution is -1.91. The van der Waals surface area contributed by atoms with Crippen molar-refractivity contribution in [1.82, 2.24) is 0 Å². The number of benzene rings is 1. The second kappa shape index (κ2) is 6.73. The highest BCUT2D eigenvalue weighted by Gasteiger charge is 2.02. The summed E-state index contributed by atoms with van der Waals surface area (Å²) in [6.07, 6.45) is 8.92. The van der Waals surface area contributed by atoms with Gasteiger partial charge in [-0.2, -0.15) is 0 Å². The molecular formula is C14H20S. The van der Waals surface area contributed by atoms with Gasteiger partial charge < -0.3 is 0 Å². The predicted molar refractivity (Wildman–Crippen MR) is 70.7 cm³/mol. The van der Waals surface area contributed by atoms with Crippen LogP contribution in [0, 0.1) is 0 Å². The first-order valence-electron chi connectivity index (χ1n) is 5.56. The summed E-state index contributed by atoms with van der Waals surface area (Å²) in [5.74, 6) is 0.628. The molecule has 0 aromatic heterocycles. The maximum absolute atomic E-state index is 2.29. The molecular weight excluding hydrogens is 200 g/mol. The predicted octanol–water partition coefficient (Wildman–Crippen LogP) is 4.87. The molecule has 0 N–H and O–H groups in total. The van der Waals surface area contributed by atoms with Crippen LogP contribution in [0.25, 0.3) is 0 Å². The molecule has 0 aliphatic carbocycles. The fourth-order valence-corrected chi connectivity index (χ4v) is 1.94. The lowest BCUT2D eigenvalue weighted by molar-refractivity contribution is 0.777. The average molecular weight is 220 g/mol. The number of allylic oxidation sites excluding steroid dienone is 2. The fourth-order valence-electron chi connectivity index (χ4n) is 1.54. The van der Waals surface area contributed by atoms with Gasteiger partial charge in [-0.3, -0.25) is 0 Å². The van der Waals surface area contributed by atoms with Gasteiger partial charge in [0.15, 0.2) is 0 Å². The van der Waals surface area contributed by atoms with Crippen molar-refractivity contribution in [2.75, 3.05) is 6.26 Å². The van der Waals surface area contributed by atoms with E-state index in [9.17, 15) is 0 Å². The van der Waals surface area contributed by atoms with Gasteiger partial charge in [0, 0.05) is 4.90 Å². The minimum absolute atomic E-state index is 0.628. The Bertz CT molecular complexity index is 298. The van der Waals surface area contributed by atoms with Crippen LogP contribution in [-0.2, 0) is 0 Å². The standard InChI is InChI=1S/C14H20S/c1-4-5-6-7-12(2)13-8-10-14(15-3)11-9-13/h5-6,8-12H,4,7H2,1-3H3/b6-5-. The summed E-state index contributed by atoms with van der Waals surface area (Å²) in [6, 6.07) is 8.91. The van der Waals surface area contributed by atoms with Crippen LogP contribution in [0.5, 0.6) is 0 Å². The van der Waals surface area contributed by atoms with E-state index in [4.69, 9.17) is 0 Å². The topological polar surface area (TPSA) is 0 Å². The number of hydrogen-bond acceptors (Lipinski definition) is 1. The number of thioether (sulfide) groups is 1. The van der Waals surface area contributed by atoms with E-state index in [1.165, 1.54) is 10.5 Å². The van der Waals surface area contributed by atoms with Crippen LogP contribution in [0.4, 0.5) is 0 Å². The van der Waals surface area contributed by atoms with E-state index in [2.05, 4.69) is 56.5 Å². The molecule has 0 fully saturated rings. The molecule has 0 nitrogen and oxygen atoms in total. The van der Waals surface area contributed by atoms with Gasteiger partial charge in [-0.25, -0.2) is 0 Å². The molecule has 1 atom stereocenters. The van der Waals surface area contributed by atoms with E-state index in [1.54, 1.807) is 11.8 Å². The van der Waals surface area contributed by atoms with E-state index in [-0.39, 0.29) is 0 Å². The highest BCUT2D eigenvalue weighted by atomic mass is 32.2. The summed E-state index contributed by atoms with van der Waals surface area (Å²) in [6.45, 7) is 4.46. The number of hydrogen-bond donors (Lipinski definition) is 0. The Morgan fingerprint density at radius 2 is 1.87 bits per heavy atom. The molecule has 0 saturated carbocycles. The number of rotatable bonds is 5. The van der Waals surface area contributed by atoms with Crippen LogP contribution >= 0.6 is 11.8 Å². The zero-order valence-electron chi connectivity index (χ0n) is 9.86. The molecule has 0 aliphatic heterocycles. The molecule has 0 bridgehead atoms. The molecule has 0 spiro atoms. The Morgan fingerprint density at radius 1 is 1.20 bits per heavy atom. The van der Waals surface area contributed by atoms with E-state index < -0.39 is 0 Å². The third-order valence-corrected chi connectivity index (χ3v) is 3.32. The van der Waals surface area contributed by atoms with Gasteiger partial charge in [-0.1, -0.05) is 38.1 Å². The van der Waals surface area contributed by atoms with Crippen molar-refractivity contribution in [2.24, 2.45) is 0 Å². The summed E-state index contributed by atoms with van der Waals surface area (Å²) < 4.78 is 0. The summed E-state index contributed by atoms with van der Waals surface area (Å²) in [5, 5.41) is 0. The summed E-state index contributed by atoms with van der Waals surface area (Å²) in [5.41, 5.74) is 1.44. The first-order chi connectivity index (χ1) is 7.27. The van der Waals surface area contributed by atoms with E-state index in [0.29, 0.717) is 5.92 Å². The molecule has 0 radical (unpaired) electrons. The van der Waals surface area contributed by atoms with Gasteiger partial charge in [0.2, 0.25) is 0 Å². The smallest absolute Gasteiger partial charge is 0.00693 e. The Morgan fingerprint density at radius 3 is 2.40 bits per heavy atom. The molecule has 1 rings (SSSR count). The van der Waals surface area contributed by atoms with E-state index >= 15 is 0 Å². The molecule has 15 heavy (non-hydrogen) atoms. The molecule has 0 saturated heterocycles. The first kappa shape index (κ1) is 12.4. The second-order valence-corrected chi connectivity index (χ2v) is 4.67. The lowest BCUT2D eigenvalue weighted by Gasteiger charge is -2.09. The average Bonchev–Trinajstić information content (AvgIpc) is 2.29. The van der Waals surface area contributed by atoms with Gasteiger partial charge in [0.05, 0.1) is 0 Å². The quantitative estimate of drug-likeness (QED) is 0.504. The summed E-state index contributed by atoms with van der Waals surface area (Å²) in [4.78, 5) is 1.34. The lowest BCUT2D eigenvalue weighted by atomic mass is 9.98. The van der Waals surface area contributed by atoms with Crippen LogP contribution in [0.3, 0.4) is 0 Å². The minimum atomic E-state index is 0.628. The largest absolute Gasteiger partial charge is 0.130 e. The van der Waals surface area contributed by atoms with Gasteiger partial charge in [-0.05, 0) is 42.7 Å². The van der Waals surface area contributed by atoms with Crippen LogP contribution in [0.2, 0.25) is 0 Å². The summed E-state index contributed by atoms with van der Waals surface area (Å²) >= 11 is 1.80. The zero-order chi connectivity index (χ0) is 11.1. The van der Waals surface area contributed by atoms with E-state index in [0.717, 1.165) is 12.8 Å². The summed E-state index contributed by atoms with van der Waals surface area (Å²) in [7, 11) is 0. The van der Waals surface area contributed by atoms with Gasteiger partial charge in [0.1, 0.15) is 0 Å². The molecule has 1 aromatic rings. The van der Waals surface area contributed by atoms with Crippen molar-refractivity contribution in [3.05, 3.63) is 42.0 Å². The van der Waals surface area contributed by atoms with Crippen LogP contribution in [-0.4, -0.2) is 6.26 Å². The minimum Gasteiger partial charge on any atom is -0.130 e. The van der Waals surface area contributed by atoms with E-state index in [1.807, 2.05) is 0 Å². The molecule has 1 heteroatoms. The maximum Gasteiger partial charge on any atom is 0.00693 e. The molecule has 0 heterocycles. The van der Waals surface area contributed by atoms with Gasteiger partial charge in [-0.15, -0.1) is 11.8 Å². The second-order valence-electron chi connectivity index (χ2n) is 3.79. The van der Waals surface area contributed by atoms with Crippen LogP contribution in [0.15, 0.2) is 41.3 Å². The highest BCUT2D eigenvalue weighted by molar-refractivity contribution is 7.98. The van der Waals surface area contributed by atoms with Crippen molar-refractivity contribution in [3.63, 3.8) is 0 Å². The third kappa shape index (κ3) is 4.13. The van der Waals surface area contributed by atoms with Crippen LogP contribution < -0.4 is 0 Å². The monoisotopic (exact) mass is 220 g/mol. The molecule has 1 unspecified atom stereocenters. The van der Waals surface area contributed by atoms with Crippen molar-refractivity contribution in [2.45, 2.75) is 37.5 Å². The van der Waals surface area contributed by atoms with Crippen molar-refractivity contribution < 1.29 is 0 Å². The zero-order valence-corrected chi connectivity index (χ0v) is 10.7. The van der Waals surface area contributed by atoms with Gasteiger partial charge >= 0.3 is 0 Å². The van der Waals surface area contributed by atoms with Crippen molar-refractivity contribution in [1.29, 1.82) is 0 Å². The first-order valence-corrected chi connectivity index (χ1v) is 6.79. The van der Waals surface area contributed by atoms with Gasteiger partial charge in [0.25, 0.3) is 0 Å². The molecule has 1 aromatic carbocycles. The third-order valence-electron chi connectivity index (χ3n) is 2.58. The Labute approximate surface area is 97.8 Å². The molecule has 0 aliphatic rings. The Kier molecular flexibility index (Phi) is 5.56. The molecule has 0 amide bonds. The highest BCUT2D eigenvalue weighted by Crippen LogP contribution is 2.22. The molecule has 82 valence electrons. The van der Waals surface area contributed by atoms with Crippen LogP contribution in [0.1, 0.15) is 38.2 Å².